The van der Waals surface area contributed by atoms with Crippen LogP contribution in [0.3, 0.4) is 0 Å². The lowest BCUT2D eigenvalue weighted by Gasteiger charge is -2.40. The zero-order chi connectivity index (χ0) is 18.8. The predicted octanol–water partition coefficient (Wildman–Crippen LogP) is 4.60. The van der Waals surface area contributed by atoms with Gasteiger partial charge in [0.25, 0.3) is 0 Å². The molecular formula is C20H22BrF2N3O. The first kappa shape index (κ1) is 18.9. The zero-order valence-electron chi connectivity index (χ0n) is 15.0. The summed E-state index contributed by atoms with van der Waals surface area (Å²) in [5.74, 6) is -0.221. The fourth-order valence-corrected chi connectivity index (χ4v) is 4.24. The molecule has 27 heavy (non-hydrogen) atoms. The molecule has 3 heterocycles. The van der Waals surface area contributed by atoms with Gasteiger partial charge in [0, 0.05) is 43.9 Å². The van der Waals surface area contributed by atoms with Crippen LogP contribution in [0.25, 0.3) is 5.57 Å². The Kier molecular flexibility index (Phi) is 5.80. The summed E-state index contributed by atoms with van der Waals surface area (Å²) in [4.78, 5) is 11.1. The van der Waals surface area contributed by atoms with E-state index >= 15 is 0 Å². The van der Waals surface area contributed by atoms with E-state index in [1.54, 1.807) is 12.4 Å². The summed E-state index contributed by atoms with van der Waals surface area (Å²) in [6.07, 6.45) is 10.6. The first-order valence-electron chi connectivity index (χ1n) is 9.34. The number of hydrogen-bond acceptors (Lipinski definition) is 4. The molecule has 2 unspecified atom stereocenters. The van der Waals surface area contributed by atoms with Crippen LogP contribution in [-0.2, 0) is 4.74 Å². The van der Waals surface area contributed by atoms with Gasteiger partial charge < -0.3 is 4.74 Å². The molecule has 0 radical (unpaired) electrons. The van der Waals surface area contributed by atoms with Gasteiger partial charge in [-0.1, -0.05) is 6.08 Å². The van der Waals surface area contributed by atoms with Crippen molar-refractivity contribution in [1.82, 2.24) is 14.9 Å². The van der Waals surface area contributed by atoms with Gasteiger partial charge in [-0.3, -0.25) is 4.90 Å². The molecule has 0 aromatic carbocycles. The number of aromatic nitrogens is 2. The normalized spacial score (nSPS) is 29.7. The predicted molar refractivity (Wildman–Crippen MR) is 103 cm³/mol. The Morgan fingerprint density at radius 3 is 2.63 bits per heavy atom. The minimum Gasteiger partial charge on any atom is -0.376 e. The van der Waals surface area contributed by atoms with Crippen molar-refractivity contribution in [2.75, 3.05) is 19.7 Å². The molecule has 1 aromatic heterocycles. The average molecular weight is 438 g/mol. The van der Waals surface area contributed by atoms with E-state index in [4.69, 9.17) is 4.74 Å². The maximum atomic E-state index is 14.0. The summed E-state index contributed by atoms with van der Waals surface area (Å²) >= 11 is 3.35. The molecule has 1 aromatic rings. The van der Waals surface area contributed by atoms with Crippen LogP contribution in [0.4, 0.5) is 8.78 Å². The molecule has 144 valence electrons. The van der Waals surface area contributed by atoms with Crippen LogP contribution in [0, 0.1) is 5.92 Å². The van der Waals surface area contributed by atoms with Gasteiger partial charge in [-0.2, -0.15) is 0 Å². The smallest absolute Gasteiger partial charge is 0.154 e. The Hall–Kier alpha value is -1.44. The van der Waals surface area contributed by atoms with Gasteiger partial charge in [-0.25, -0.2) is 18.7 Å². The molecule has 7 heteroatoms. The number of halogens is 3. The standard InChI is InChI=1S/C20H22BrF2N3O/c21-14-10-24-20(25-11-14)13-5-7-26(8-6-13)16-2-4-19(27-12-16)17-9-15(22)1-3-18(17)23/h1,3,5,10-11,16-17,19H,2,4,6-9,12H2/t16?,17?,19-/m0/s1. The number of ether oxygens (including phenoxy) is 1. The van der Waals surface area contributed by atoms with Gasteiger partial charge in [0.05, 0.1) is 17.2 Å². The molecule has 1 aliphatic carbocycles. The van der Waals surface area contributed by atoms with E-state index in [1.807, 2.05) is 0 Å². The first-order chi connectivity index (χ1) is 13.1. The van der Waals surface area contributed by atoms with Crippen LogP contribution in [-0.4, -0.2) is 46.7 Å². The summed E-state index contributed by atoms with van der Waals surface area (Å²) in [5.41, 5.74) is 1.17. The van der Waals surface area contributed by atoms with Gasteiger partial charge >= 0.3 is 0 Å². The number of nitrogens with zero attached hydrogens (tertiary/aromatic N) is 3. The minimum absolute atomic E-state index is 0.112. The van der Waals surface area contributed by atoms with Gasteiger partial charge in [0.1, 0.15) is 11.7 Å². The Balaban J connectivity index is 1.31. The van der Waals surface area contributed by atoms with Gasteiger partial charge in [-0.05, 0) is 52.9 Å². The SMILES string of the molecule is FC1=CC=C(F)C([C@@H]2CCC(N3CC=C(c4ncc(Br)cn4)CC3)CO2)C1. The number of hydrogen-bond donors (Lipinski definition) is 0. The van der Waals surface area contributed by atoms with Crippen LogP contribution in [0.2, 0.25) is 0 Å². The van der Waals surface area contributed by atoms with Crippen molar-refractivity contribution >= 4 is 21.5 Å². The van der Waals surface area contributed by atoms with Crippen molar-refractivity contribution in [3.8, 4) is 0 Å². The van der Waals surface area contributed by atoms with Crippen molar-refractivity contribution in [2.45, 2.75) is 37.8 Å². The second kappa shape index (κ2) is 8.29. The third-order valence-electron chi connectivity index (χ3n) is 5.59. The molecule has 0 bridgehead atoms. The van der Waals surface area contributed by atoms with E-state index in [2.05, 4.69) is 36.9 Å². The summed E-state index contributed by atoms with van der Waals surface area (Å²) in [7, 11) is 0. The maximum absolute atomic E-state index is 14.0. The fraction of sp³-hybridized carbons (Fsp3) is 0.500. The van der Waals surface area contributed by atoms with E-state index in [0.717, 1.165) is 42.6 Å². The lowest BCUT2D eigenvalue weighted by Crippen LogP contribution is -2.46. The third kappa shape index (κ3) is 4.36. The van der Waals surface area contributed by atoms with Crippen LogP contribution in [0.5, 0.6) is 0 Å². The van der Waals surface area contributed by atoms with Gasteiger partial charge in [0.2, 0.25) is 0 Å². The van der Waals surface area contributed by atoms with Crippen molar-refractivity contribution in [2.24, 2.45) is 5.92 Å². The van der Waals surface area contributed by atoms with E-state index in [-0.39, 0.29) is 24.2 Å². The highest BCUT2D eigenvalue weighted by Gasteiger charge is 2.35. The average Bonchev–Trinajstić information content (AvgIpc) is 2.71. The molecule has 3 aliphatic rings. The van der Waals surface area contributed by atoms with Crippen LogP contribution < -0.4 is 0 Å². The molecule has 0 spiro atoms. The Labute approximate surface area is 166 Å². The van der Waals surface area contributed by atoms with E-state index in [9.17, 15) is 8.78 Å². The van der Waals surface area contributed by atoms with Crippen molar-refractivity contribution in [1.29, 1.82) is 0 Å². The molecule has 3 atom stereocenters. The molecule has 1 saturated heterocycles. The molecular weight excluding hydrogens is 416 g/mol. The topological polar surface area (TPSA) is 38.2 Å². The second-order valence-corrected chi connectivity index (χ2v) is 8.19. The fourth-order valence-electron chi connectivity index (χ4n) is 4.04. The Morgan fingerprint density at radius 2 is 1.96 bits per heavy atom. The lowest BCUT2D eigenvalue weighted by molar-refractivity contribution is -0.0581. The Morgan fingerprint density at radius 1 is 1.15 bits per heavy atom. The summed E-state index contributed by atoms with van der Waals surface area (Å²) < 4.78 is 34.4. The van der Waals surface area contributed by atoms with Crippen LogP contribution in [0.1, 0.15) is 31.5 Å². The van der Waals surface area contributed by atoms with E-state index < -0.39 is 5.92 Å². The lowest BCUT2D eigenvalue weighted by atomic mass is 9.87. The highest BCUT2D eigenvalue weighted by Crippen LogP contribution is 2.35. The quantitative estimate of drug-likeness (QED) is 0.692. The molecule has 0 N–H and O–H groups in total. The van der Waals surface area contributed by atoms with Gasteiger partial charge in [0.15, 0.2) is 5.82 Å². The minimum atomic E-state index is -0.474. The van der Waals surface area contributed by atoms with Crippen molar-refractivity contribution in [3.05, 3.63) is 52.6 Å². The highest BCUT2D eigenvalue weighted by atomic mass is 79.9. The summed E-state index contributed by atoms with van der Waals surface area (Å²) in [5, 5.41) is 0. The summed E-state index contributed by atoms with van der Waals surface area (Å²) in [6.45, 7) is 2.33. The summed E-state index contributed by atoms with van der Waals surface area (Å²) in [6, 6.07) is 0.320. The molecule has 1 fully saturated rings. The number of allylic oxidation sites excluding steroid dienone is 3. The monoisotopic (exact) mass is 437 g/mol. The number of rotatable bonds is 3. The highest BCUT2D eigenvalue weighted by molar-refractivity contribution is 9.10. The molecule has 4 nitrogen and oxygen atoms in total. The maximum Gasteiger partial charge on any atom is 0.154 e. The zero-order valence-corrected chi connectivity index (χ0v) is 16.5. The molecule has 2 aliphatic heterocycles. The molecule has 4 rings (SSSR count). The van der Waals surface area contributed by atoms with Gasteiger partial charge in [-0.15, -0.1) is 0 Å². The molecule has 0 saturated carbocycles. The van der Waals surface area contributed by atoms with Crippen LogP contribution >= 0.6 is 15.9 Å². The largest absolute Gasteiger partial charge is 0.376 e. The molecule has 0 amide bonds. The van der Waals surface area contributed by atoms with Crippen molar-refractivity contribution < 1.29 is 13.5 Å². The van der Waals surface area contributed by atoms with Crippen molar-refractivity contribution in [3.63, 3.8) is 0 Å². The Bertz CT molecular complexity index is 770. The van der Waals surface area contributed by atoms with E-state index in [0.29, 0.717) is 12.6 Å². The first-order valence-corrected chi connectivity index (χ1v) is 10.1. The van der Waals surface area contributed by atoms with E-state index in [1.165, 1.54) is 17.7 Å². The third-order valence-corrected chi connectivity index (χ3v) is 6.00. The van der Waals surface area contributed by atoms with Crippen LogP contribution in [0.15, 0.2) is 46.7 Å². The second-order valence-electron chi connectivity index (χ2n) is 7.28.